The van der Waals surface area contributed by atoms with Crippen molar-refractivity contribution in [2.75, 3.05) is 6.61 Å². The number of aliphatic hydroxyl groups excluding tert-OH is 1. The molecule has 0 aromatic carbocycles. The smallest absolute Gasteiger partial charge is 0.133 e. The van der Waals surface area contributed by atoms with E-state index in [9.17, 15) is 0 Å². The summed E-state index contributed by atoms with van der Waals surface area (Å²) in [6.07, 6.45) is 0.655. The third-order valence-electron chi connectivity index (χ3n) is 1.65. The van der Waals surface area contributed by atoms with Crippen LogP contribution in [0.1, 0.15) is 5.69 Å². The molecule has 4 heteroatoms. The van der Waals surface area contributed by atoms with Crippen molar-refractivity contribution in [1.82, 2.24) is 4.98 Å². The Hall–Kier alpha value is -0.710. The van der Waals surface area contributed by atoms with E-state index < -0.39 is 0 Å². The molecular formula is C9H9NOS2. The lowest BCUT2D eigenvalue weighted by Gasteiger charge is -1.88. The third-order valence-corrected chi connectivity index (χ3v) is 3.58. The number of thiazole rings is 1. The molecule has 0 unspecified atom stereocenters. The van der Waals surface area contributed by atoms with Gasteiger partial charge in [-0.1, -0.05) is 6.07 Å². The average Bonchev–Trinajstić information content (AvgIpc) is 2.70. The van der Waals surface area contributed by atoms with E-state index in [2.05, 4.69) is 11.1 Å². The van der Waals surface area contributed by atoms with Crippen molar-refractivity contribution in [1.29, 1.82) is 0 Å². The third kappa shape index (κ3) is 1.96. The Morgan fingerprint density at radius 3 is 3.00 bits per heavy atom. The number of thiophene rings is 1. The Kier molecular flexibility index (Phi) is 2.73. The van der Waals surface area contributed by atoms with Crippen LogP contribution in [0, 0.1) is 0 Å². The van der Waals surface area contributed by atoms with E-state index >= 15 is 0 Å². The Morgan fingerprint density at radius 1 is 1.38 bits per heavy atom. The van der Waals surface area contributed by atoms with Crippen molar-refractivity contribution in [3.05, 3.63) is 28.6 Å². The first-order chi connectivity index (χ1) is 6.40. The largest absolute Gasteiger partial charge is 0.396 e. The quantitative estimate of drug-likeness (QED) is 0.845. The number of hydrogen-bond donors (Lipinski definition) is 1. The highest BCUT2D eigenvalue weighted by atomic mass is 32.1. The van der Waals surface area contributed by atoms with Gasteiger partial charge in [0.25, 0.3) is 0 Å². The molecule has 2 rings (SSSR count). The maximum absolute atomic E-state index is 8.73. The zero-order chi connectivity index (χ0) is 9.10. The van der Waals surface area contributed by atoms with Crippen molar-refractivity contribution in [3.63, 3.8) is 0 Å². The lowest BCUT2D eigenvalue weighted by molar-refractivity contribution is 0.298. The number of aliphatic hydroxyl groups is 1. The molecule has 2 heterocycles. The van der Waals surface area contributed by atoms with Gasteiger partial charge < -0.3 is 5.11 Å². The fourth-order valence-corrected chi connectivity index (χ4v) is 2.72. The second-order valence-electron chi connectivity index (χ2n) is 2.59. The lowest BCUT2D eigenvalue weighted by Crippen LogP contribution is -1.89. The highest BCUT2D eigenvalue weighted by Gasteiger charge is 2.04. The van der Waals surface area contributed by atoms with Crippen LogP contribution in [0.15, 0.2) is 22.9 Å². The Labute approximate surface area is 84.5 Å². The van der Waals surface area contributed by atoms with E-state index in [4.69, 9.17) is 5.11 Å². The first kappa shape index (κ1) is 8.87. The summed E-state index contributed by atoms with van der Waals surface area (Å²) < 4.78 is 0. The summed E-state index contributed by atoms with van der Waals surface area (Å²) in [4.78, 5) is 5.61. The van der Waals surface area contributed by atoms with Gasteiger partial charge in [0.1, 0.15) is 5.01 Å². The maximum atomic E-state index is 8.73. The van der Waals surface area contributed by atoms with Crippen LogP contribution in [0.2, 0.25) is 0 Å². The Bertz CT molecular complexity index is 367. The van der Waals surface area contributed by atoms with Crippen molar-refractivity contribution < 1.29 is 5.11 Å². The number of aromatic nitrogens is 1. The normalized spacial score (nSPS) is 10.5. The first-order valence-corrected chi connectivity index (χ1v) is 5.75. The van der Waals surface area contributed by atoms with Crippen LogP contribution in [0.25, 0.3) is 9.88 Å². The molecular weight excluding hydrogens is 202 g/mol. The van der Waals surface area contributed by atoms with Gasteiger partial charge in [-0.3, -0.25) is 0 Å². The molecule has 13 heavy (non-hydrogen) atoms. The number of nitrogens with zero attached hydrogens (tertiary/aromatic N) is 1. The van der Waals surface area contributed by atoms with Crippen LogP contribution in [-0.4, -0.2) is 16.7 Å². The van der Waals surface area contributed by atoms with Gasteiger partial charge in [0.05, 0.1) is 10.6 Å². The van der Waals surface area contributed by atoms with Gasteiger partial charge in [-0.05, 0) is 11.4 Å². The minimum Gasteiger partial charge on any atom is -0.396 e. The molecule has 0 atom stereocenters. The molecule has 0 saturated carbocycles. The zero-order valence-corrected chi connectivity index (χ0v) is 8.57. The fourth-order valence-electron chi connectivity index (χ4n) is 1.05. The molecule has 68 valence electrons. The van der Waals surface area contributed by atoms with E-state index in [1.807, 2.05) is 16.8 Å². The van der Waals surface area contributed by atoms with Gasteiger partial charge in [-0.15, -0.1) is 22.7 Å². The lowest BCUT2D eigenvalue weighted by atomic mass is 10.4. The summed E-state index contributed by atoms with van der Waals surface area (Å²) >= 11 is 3.33. The minimum absolute atomic E-state index is 0.174. The molecule has 0 aliphatic heterocycles. The van der Waals surface area contributed by atoms with Gasteiger partial charge in [-0.25, -0.2) is 4.98 Å². The molecule has 2 nitrogen and oxygen atoms in total. The molecule has 0 fully saturated rings. The summed E-state index contributed by atoms with van der Waals surface area (Å²) in [5.74, 6) is 0. The van der Waals surface area contributed by atoms with Crippen LogP contribution in [0.5, 0.6) is 0 Å². The van der Waals surface area contributed by atoms with E-state index in [0.717, 1.165) is 10.7 Å². The topological polar surface area (TPSA) is 33.1 Å². The van der Waals surface area contributed by atoms with Crippen LogP contribution in [-0.2, 0) is 6.42 Å². The molecule has 2 aromatic rings. The minimum atomic E-state index is 0.174. The van der Waals surface area contributed by atoms with E-state index in [1.54, 1.807) is 22.7 Å². The van der Waals surface area contributed by atoms with Crippen molar-refractivity contribution >= 4 is 22.7 Å². The van der Waals surface area contributed by atoms with Crippen molar-refractivity contribution in [2.45, 2.75) is 6.42 Å². The number of rotatable bonds is 3. The summed E-state index contributed by atoms with van der Waals surface area (Å²) in [6.45, 7) is 0.174. The molecule has 1 N–H and O–H groups in total. The van der Waals surface area contributed by atoms with Crippen LogP contribution in [0.3, 0.4) is 0 Å². The van der Waals surface area contributed by atoms with Crippen molar-refractivity contribution in [2.24, 2.45) is 0 Å². The highest BCUT2D eigenvalue weighted by Crippen LogP contribution is 2.27. The molecule has 0 bridgehead atoms. The maximum Gasteiger partial charge on any atom is 0.133 e. The summed E-state index contributed by atoms with van der Waals surface area (Å²) in [5.41, 5.74) is 0.982. The van der Waals surface area contributed by atoms with Gasteiger partial charge in [0.15, 0.2) is 0 Å². The molecule has 0 amide bonds. The van der Waals surface area contributed by atoms with E-state index in [0.29, 0.717) is 6.42 Å². The molecule has 0 saturated heterocycles. The summed E-state index contributed by atoms with van der Waals surface area (Å²) in [6, 6.07) is 4.08. The zero-order valence-electron chi connectivity index (χ0n) is 6.93. The molecule has 0 aliphatic carbocycles. The fraction of sp³-hybridized carbons (Fsp3) is 0.222. The van der Waals surface area contributed by atoms with Gasteiger partial charge in [0, 0.05) is 18.4 Å². The predicted molar refractivity (Wildman–Crippen MR) is 56.2 cm³/mol. The van der Waals surface area contributed by atoms with Crippen LogP contribution in [0.4, 0.5) is 0 Å². The molecule has 0 aliphatic rings. The first-order valence-electron chi connectivity index (χ1n) is 3.99. The van der Waals surface area contributed by atoms with Crippen LogP contribution < -0.4 is 0 Å². The van der Waals surface area contributed by atoms with Gasteiger partial charge in [0.2, 0.25) is 0 Å². The molecule has 2 aromatic heterocycles. The molecule has 0 spiro atoms. The van der Waals surface area contributed by atoms with Crippen molar-refractivity contribution in [3.8, 4) is 9.88 Å². The second-order valence-corrected chi connectivity index (χ2v) is 4.40. The highest BCUT2D eigenvalue weighted by molar-refractivity contribution is 7.20. The number of hydrogen-bond acceptors (Lipinski definition) is 4. The van der Waals surface area contributed by atoms with E-state index in [1.165, 1.54) is 4.88 Å². The SMILES string of the molecule is OCCc1csc(-c2cccs2)n1. The van der Waals surface area contributed by atoms with E-state index in [-0.39, 0.29) is 6.61 Å². The summed E-state index contributed by atoms with van der Waals surface area (Å²) in [5, 5.41) is 13.8. The monoisotopic (exact) mass is 211 g/mol. The van der Waals surface area contributed by atoms with Gasteiger partial charge >= 0.3 is 0 Å². The Morgan fingerprint density at radius 2 is 2.31 bits per heavy atom. The average molecular weight is 211 g/mol. The standard InChI is InChI=1S/C9H9NOS2/c11-4-3-7-6-13-9(10-7)8-2-1-5-12-8/h1-2,5-6,11H,3-4H2. The molecule has 0 radical (unpaired) electrons. The van der Waals surface area contributed by atoms with Crippen LogP contribution >= 0.6 is 22.7 Å². The summed E-state index contributed by atoms with van der Waals surface area (Å²) in [7, 11) is 0. The second kappa shape index (κ2) is 4.00. The van der Waals surface area contributed by atoms with Gasteiger partial charge in [-0.2, -0.15) is 0 Å². The Balaban J connectivity index is 2.23. The predicted octanol–water partition coefficient (Wildman–Crippen LogP) is 2.41.